The van der Waals surface area contributed by atoms with Gasteiger partial charge in [0, 0.05) is 6.04 Å². The van der Waals surface area contributed by atoms with Crippen LogP contribution in [0.2, 0.25) is 5.02 Å². The van der Waals surface area contributed by atoms with E-state index in [1.807, 2.05) is 14.0 Å². The molecule has 0 amide bonds. The van der Waals surface area contributed by atoms with E-state index in [-0.39, 0.29) is 16.9 Å². The maximum atomic E-state index is 13.9. The average Bonchev–Trinajstić information content (AvgIpc) is 2.77. The second kappa shape index (κ2) is 5.73. The number of nitrogens with one attached hydrogen (secondary N) is 1. The summed E-state index contributed by atoms with van der Waals surface area (Å²) >= 11 is 7.11. The predicted octanol–water partition coefficient (Wildman–Crippen LogP) is 3.14. The molecule has 1 aromatic carbocycles. The Morgan fingerprint density at radius 3 is 2.89 bits per heavy atom. The van der Waals surface area contributed by atoms with Crippen LogP contribution in [-0.4, -0.2) is 16.6 Å². The first-order chi connectivity index (χ1) is 8.63. The molecule has 0 bridgehead atoms. The van der Waals surface area contributed by atoms with Gasteiger partial charge in [-0.1, -0.05) is 28.2 Å². The molecule has 0 aliphatic heterocycles. The first-order valence-corrected chi connectivity index (χ1v) is 6.67. The zero-order valence-electron chi connectivity index (χ0n) is 10.1. The monoisotopic (exact) mass is 285 g/mol. The Hall–Kier alpha value is -1.04. The van der Waals surface area contributed by atoms with Gasteiger partial charge in [-0.25, -0.2) is 4.39 Å². The van der Waals surface area contributed by atoms with Crippen LogP contribution in [-0.2, 0) is 6.42 Å². The van der Waals surface area contributed by atoms with Gasteiger partial charge in [-0.2, -0.15) is 0 Å². The van der Waals surface area contributed by atoms with Crippen molar-refractivity contribution in [3.05, 3.63) is 45.2 Å². The summed E-state index contributed by atoms with van der Waals surface area (Å²) in [7, 11) is 1.84. The lowest BCUT2D eigenvalue weighted by atomic mass is 10.0. The van der Waals surface area contributed by atoms with Gasteiger partial charge in [0.1, 0.15) is 5.82 Å². The summed E-state index contributed by atoms with van der Waals surface area (Å²) in [5, 5.41) is 7.29. The number of aryl methyl sites for hydroxylation is 1. The van der Waals surface area contributed by atoms with Crippen LogP contribution in [0, 0.1) is 12.7 Å². The van der Waals surface area contributed by atoms with Gasteiger partial charge in [-0.05, 0) is 43.6 Å². The van der Waals surface area contributed by atoms with Gasteiger partial charge in [-0.15, -0.1) is 5.10 Å². The van der Waals surface area contributed by atoms with Crippen molar-refractivity contribution >= 4 is 23.1 Å². The number of benzene rings is 1. The molecule has 2 aromatic rings. The van der Waals surface area contributed by atoms with Crippen molar-refractivity contribution in [3.63, 3.8) is 0 Å². The van der Waals surface area contributed by atoms with Crippen LogP contribution in [0.15, 0.2) is 18.2 Å². The van der Waals surface area contributed by atoms with E-state index in [1.54, 1.807) is 18.2 Å². The Morgan fingerprint density at radius 1 is 1.50 bits per heavy atom. The molecule has 0 saturated carbocycles. The van der Waals surface area contributed by atoms with Crippen LogP contribution < -0.4 is 5.32 Å². The minimum Gasteiger partial charge on any atom is -0.312 e. The van der Waals surface area contributed by atoms with E-state index in [0.29, 0.717) is 12.0 Å². The largest absolute Gasteiger partial charge is 0.312 e. The smallest absolute Gasteiger partial charge is 0.145 e. The van der Waals surface area contributed by atoms with Gasteiger partial charge in [0.05, 0.1) is 15.6 Å². The van der Waals surface area contributed by atoms with Crippen LogP contribution in [0.4, 0.5) is 4.39 Å². The molecular weight excluding hydrogens is 273 g/mol. The average molecular weight is 286 g/mol. The lowest BCUT2D eigenvalue weighted by molar-refractivity contribution is 0.558. The lowest BCUT2D eigenvalue weighted by Crippen LogP contribution is -2.19. The third-order valence-electron chi connectivity index (χ3n) is 2.81. The Bertz CT molecular complexity index is 544. The number of hydrogen-bond donors (Lipinski definition) is 1. The first kappa shape index (κ1) is 13.4. The molecule has 1 atom stereocenters. The van der Waals surface area contributed by atoms with E-state index in [1.165, 1.54) is 11.5 Å². The van der Waals surface area contributed by atoms with Gasteiger partial charge < -0.3 is 5.32 Å². The zero-order valence-corrected chi connectivity index (χ0v) is 11.6. The summed E-state index contributed by atoms with van der Waals surface area (Å²) in [6.45, 7) is 1.90. The van der Waals surface area contributed by atoms with Crippen LogP contribution in [0.5, 0.6) is 0 Å². The first-order valence-electron chi connectivity index (χ1n) is 5.52. The minimum atomic E-state index is -0.352. The second-order valence-electron chi connectivity index (χ2n) is 3.98. The fourth-order valence-corrected chi connectivity index (χ4v) is 2.76. The van der Waals surface area contributed by atoms with E-state index in [0.717, 1.165) is 10.6 Å². The number of aromatic nitrogens is 2. The van der Waals surface area contributed by atoms with E-state index in [2.05, 4.69) is 14.9 Å². The highest BCUT2D eigenvalue weighted by molar-refractivity contribution is 7.05. The standard InChI is InChI=1S/C12H13ClFN3S/c1-7-12(18-17-16-7)10(15-2)6-8-4-3-5-9(13)11(8)14/h3-5,10,15H,6H2,1-2H3. The molecule has 0 spiro atoms. The zero-order chi connectivity index (χ0) is 13.1. The molecule has 1 heterocycles. The van der Waals surface area contributed by atoms with Crippen molar-refractivity contribution in [2.45, 2.75) is 19.4 Å². The summed E-state index contributed by atoms with van der Waals surface area (Å²) in [6.07, 6.45) is 0.521. The molecule has 18 heavy (non-hydrogen) atoms. The summed E-state index contributed by atoms with van der Waals surface area (Å²) in [4.78, 5) is 1.02. The third kappa shape index (κ3) is 2.68. The van der Waals surface area contributed by atoms with Crippen molar-refractivity contribution in [2.24, 2.45) is 0 Å². The Kier molecular flexibility index (Phi) is 4.27. The molecule has 0 aliphatic rings. The fraction of sp³-hybridized carbons (Fsp3) is 0.333. The second-order valence-corrected chi connectivity index (χ2v) is 5.17. The molecule has 0 saturated heterocycles. The van der Waals surface area contributed by atoms with Crippen LogP contribution in [0.3, 0.4) is 0 Å². The molecule has 0 fully saturated rings. The molecule has 1 N–H and O–H groups in total. The highest BCUT2D eigenvalue weighted by Gasteiger charge is 2.18. The number of nitrogens with zero attached hydrogens (tertiary/aromatic N) is 2. The summed E-state index contributed by atoms with van der Waals surface area (Å²) in [6, 6.07) is 5.05. The van der Waals surface area contributed by atoms with E-state index >= 15 is 0 Å². The highest BCUT2D eigenvalue weighted by atomic mass is 35.5. The minimum absolute atomic E-state index is 0.00188. The van der Waals surface area contributed by atoms with E-state index in [9.17, 15) is 4.39 Å². The normalized spacial score (nSPS) is 12.7. The maximum absolute atomic E-state index is 13.9. The molecule has 1 unspecified atom stereocenters. The highest BCUT2D eigenvalue weighted by Crippen LogP contribution is 2.26. The summed E-state index contributed by atoms with van der Waals surface area (Å²) in [5.74, 6) is -0.352. The lowest BCUT2D eigenvalue weighted by Gasteiger charge is -2.15. The molecule has 96 valence electrons. The van der Waals surface area contributed by atoms with Crippen molar-refractivity contribution in [1.82, 2.24) is 14.9 Å². The Balaban J connectivity index is 2.26. The SMILES string of the molecule is CNC(Cc1cccc(Cl)c1F)c1snnc1C. The maximum Gasteiger partial charge on any atom is 0.145 e. The Morgan fingerprint density at radius 2 is 2.28 bits per heavy atom. The predicted molar refractivity (Wildman–Crippen MR) is 71.6 cm³/mol. The molecule has 1 aromatic heterocycles. The van der Waals surface area contributed by atoms with E-state index < -0.39 is 0 Å². The number of hydrogen-bond acceptors (Lipinski definition) is 4. The van der Waals surface area contributed by atoms with Crippen molar-refractivity contribution in [2.75, 3.05) is 7.05 Å². The molecule has 2 rings (SSSR count). The van der Waals surface area contributed by atoms with E-state index in [4.69, 9.17) is 11.6 Å². The molecule has 6 heteroatoms. The fourth-order valence-electron chi connectivity index (χ4n) is 1.81. The summed E-state index contributed by atoms with van der Waals surface area (Å²) in [5.41, 5.74) is 1.47. The number of rotatable bonds is 4. The third-order valence-corrected chi connectivity index (χ3v) is 4.04. The van der Waals surface area contributed by atoms with Crippen molar-refractivity contribution in [1.29, 1.82) is 0 Å². The van der Waals surface area contributed by atoms with Gasteiger partial charge >= 0.3 is 0 Å². The van der Waals surface area contributed by atoms with Gasteiger partial charge in [0.2, 0.25) is 0 Å². The molecule has 0 aliphatic carbocycles. The van der Waals surface area contributed by atoms with Crippen molar-refractivity contribution in [3.8, 4) is 0 Å². The van der Waals surface area contributed by atoms with Crippen LogP contribution in [0.1, 0.15) is 22.2 Å². The quantitative estimate of drug-likeness (QED) is 0.938. The Labute approximate surface area is 114 Å². The van der Waals surface area contributed by atoms with Crippen LogP contribution >= 0.6 is 23.1 Å². The van der Waals surface area contributed by atoms with Gasteiger partial charge in [0.25, 0.3) is 0 Å². The molecule has 3 nitrogen and oxygen atoms in total. The van der Waals surface area contributed by atoms with Crippen LogP contribution in [0.25, 0.3) is 0 Å². The number of likely N-dealkylation sites (N-methyl/N-ethyl adjacent to an activating group) is 1. The number of halogens is 2. The topological polar surface area (TPSA) is 37.8 Å². The van der Waals surface area contributed by atoms with Gasteiger partial charge in [-0.3, -0.25) is 0 Å². The molecule has 0 radical (unpaired) electrons. The molecular formula is C12H13ClFN3S. The summed E-state index contributed by atoms with van der Waals surface area (Å²) < 4.78 is 17.8. The van der Waals surface area contributed by atoms with Gasteiger partial charge in [0.15, 0.2) is 0 Å². The van der Waals surface area contributed by atoms with Crippen molar-refractivity contribution < 1.29 is 4.39 Å².